The third-order valence-electron chi connectivity index (χ3n) is 3.95. The molecule has 19 heavy (non-hydrogen) atoms. The Kier molecular flexibility index (Phi) is 4.99. The molecule has 1 heterocycles. The second-order valence-electron chi connectivity index (χ2n) is 6.74. The summed E-state index contributed by atoms with van der Waals surface area (Å²) < 4.78 is 0. The van der Waals surface area contributed by atoms with Crippen molar-refractivity contribution in [1.82, 2.24) is 10.2 Å². The Morgan fingerprint density at radius 2 is 1.84 bits per heavy atom. The summed E-state index contributed by atoms with van der Waals surface area (Å²) in [5.41, 5.74) is -0.251. The zero-order chi connectivity index (χ0) is 14.8. The number of hydrogen-bond acceptors (Lipinski definition) is 2. The fourth-order valence-electron chi connectivity index (χ4n) is 2.44. The second kappa shape index (κ2) is 5.93. The Hall–Kier alpha value is -1.06. The van der Waals surface area contributed by atoms with E-state index in [0.717, 1.165) is 6.42 Å². The molecule has 0 aromatic carbocycles. The number of hydrogen-bond donors (Lipinski definition) is 1. The van der Waals surface area contributed by atoms with E-state index >= 15 is 0 Å². The summed E-state index contributed by atoms with van der Waals surface area (Å²) in [4.78, 5) is 26.6. The molecule has 0 saturated carbocycles. The van der Waals surface area contributed by atoms with Crippen LogP contribution < -0.4 is 5.32 Å². The van der Waals surface area contributed by atoms with E-state index in [-0.39, 0.29) is 23.3 Å². The minimum Gasteiger partial charge on any atom is -0.342 e. The number of piperazine rings is 1. The normalized spacial score (nSPS) is 26.3. The molecule has 4 heteroatoms. The molecule has 1 saturated heterocycles. The minimum atomic E-state index is -0.410. The van der Waals surface area contributed by atoms with Gasteiger partial charge in [0.15, 0.2) is 0 Å². The van der Waals surface area contributed by atoms with E-state index in [1.54, 1.807) is 4.90 Å². The first-order chi connectivity index (χ1) is 8.72. The SMILES string of the molecule is CCC(C)CN1C(=O)C(C(C)(C)C)NC(=O)C1CC. The fourth-order valence-corrected chi connectivity index (χ4v) is 2.44. The third kappa shape index (κ3) is 3.48. The fraction of sp³-hybridized carbons (Fsp3) is 0.867. The van der Waals surface area contributed by atoms with Crippen molar-refractivity contribution in [3.63, 3.8) is 0 Å². The maximum absolute atomic E-state index is 12.6. The summed E-state index contributed by atoms with van der Waals surface area (Å²) in [6.45, 7) is 12.8. The number of carbonyl (C=O) groups excluding carboxylic acids is 2. The average Bonchev–Trinajstić information content (AvgIpc) is 2.32. The van der Waals surface area contributed by atoms with E-state index in [9.17, 15) is 9.59 Å². The summed E-state index contributed by atoms with van der Waals surface area (Å²) in [6, 6.07) is -0.716. The van der Waals surface area contributed by atoms with Crippen molar-refractivity contribution < 1.29 is 9.59 Å². The molecule has 3 atom stereocenters. The molecule has 2 amide bonds. The van der Waals surface area contributed by atoms with Gasteiger partial charge in [-0.2, -0.15) is 0 Å². The molecule has 1 fully saturated rings. The maximum Gasteiger partial charge on any atom is 0.246 e. The van der Waals surface area contributed by atoms with Crippen LogP contribution in [-0.2, 0) is 9.59 Å². The molecule has 0 bridgehead atoms. The highest BCUT2D eigenvalue weighted by molar-refractivity contribution is 5.97. The summed E-state index contributed by atoms with van der Waals surface area (Å²) >= 11 is 0. The van der Waals surface area contributed by atoms with Gasteiger partial charge < -0.3 is 10.2 Å². The Morgan fingerprint density at radius 3 is 2.26 bits per heavy atom. The first-order valence-corrected chi connectivity index (χ1v) is 7.33. The van der Waals surface area contributed by atoms with Crippen LogP contribution in [-0.4, -0.2) is 35.3 Å². The minimum absolute atomic E-state index is 0.00896. The quantitative estimate of drug-likeness (QED) is 0.849. The van der Waals surface area contributed by atoms with Gasteiger partial charge in [0.2, 0.25) is 11.8 Å². The van der Waals surface area contributed by atoms with Crippen LogP contribution >= 0.6 is 0 Å². The first-order valence-electron chi connectivity index (χ1n) is 7.33. The van der Waals surface area contributed by atoms with Gasteiger partial charge in [-0.1, -0.05) is 48.0 Å². The van der Waals surface area contributed by atoms with E-state index in [1.165, 1.54) is 0 Å². The van der Waals surface area contributed by atoms with Gasteiger partial charge in [0, 0.05) is 6.54 Å². The smallest absolute Gasteiger partial charge is 0.246 e. The molecular formula is C15H28N2O2. The van der Waals surface area contributed by atoms with E-state index in [1.807, 2.05) is 27.7 Å². The lowest BCUT2D eigenvalue weighted by Gasteiger charge is -2.44. The van der Waals surface area contributed by atoms with Crippen LogP contribution in [0, 0.1) is 11.3 Å². The average molecular weight is 268 g/mol. The van der Waals surface area contributed by atoms with Crippen LogP contribution in [0.15, 0.2) is 0 Å². The van der Waals surface area contributed by atoms with Gasteiger partial charge >= 0.3 is 0 Å². The lowest BCUT2D eigenvalue weighted by Crippen LogP contribution is -2.66. The molecule has 4 nitrogen and oxygen atoms in total. The predicted molar refractivity (Wildman–Crippen MR) is 76.6 cm³/mol. The van der Waals surface area contributed by atoms with Gasteiger partial charge in [-0.15, -0.1) is 0 Å². The topological polar surface area (TPSA) is 49.4 Å². The predicted octanol–water partition coefficient (Wildman–Crippen LogP) is 2.18. The zero-order valence-electron chi connectivity index (χ0n) is 13.1. The van der Waals surface area contributed by atoms with Gasteiger partial charge in [-0.25, -0.2) is 0 Å². The molecular weight excluding hydrogens is 240 g/mol. The highest BCUT2D eigenvalue weighted by atomic mass is 16.2. The van der Waals surface area contributed by atoms with Crippen molar-refractivity contribution in [3.8, 4) is 0 Å². The number of nitrogens with one attached hydrogen (secondary N) is 1. The highest BCUT2D eigenvalue weighted by Crippen LogP contribution is 2.26. The monoisotopic (exact) mass is 268 g/mol. The van der Waals surface area contributed by atoms with Crippen LogP contribution in [0.25, 0.3) is 0 Å². The molecule has 0 spiro atoms. The van der Waals surface area contributed by atoms with Gasteiger partial charge in [0.1, 0.15) is 12.1 Å². The summed E-state index contributed by atoms with van der Waals surface area (Å²) in [6.07, 6.45) is 1.69. The summed E-state index contributed by atoms with van der Waals surface area (Å²) in [5, 5.41) is 2.90. The van der Waals surface area contributed by atoms with Gasteiger partial charge in [-0.3, -0.25) is 9.59 Å². The summed E-state index contributed by atoms with van der Waals surface area (Å²) in [5.74, 6) is 0.481. The van der Waals surface area contributed by atoms with E-state index in [0.29, 0.717) is 18.9 Å². The number of amides is 2. The Bertz CT molecular complexity index is 347. The van der Waals surface area contributed by atoms with Crippen molar-refractivity contribution in [2.45, 2.75) is 66.5 Å². The van der Waals surface area contributed by atoms with Crippen LogP contribution in [0.5, 0.6) is 0 Å². The molecule has 1 N–H and O–H groups in total. The third-order valence-corrected chi connectivity index (χ3v) is 3.95. The van der Waals surface area contributed by atoms with Crippen LogP contribution in [0.4, 0.5) is 0 Å². The first kappa shape index (κ1) is 16.0. The maximum atomic E-state index is 12.6. The van der Waals surface area contributed by atoms with Crippen LogP contribution in [0.1, 0.15) is 54.4 Å². The van der Waals surface area contributed by atoms with E-state index in [4.69, 9.17) is 0 Å². The van der Waals surface area contributed by atoms with E-state index < -0.39 is 6.04 Å². The van der Waals surface area contributed by atoms with Gasteiger partial charge in [0.25, 0.3) is 0 Å². The number of carbonyl (C=O) groups is 2. The van der Waals surface area contributed by atoms with Gasteiger partial charge in [-0.05, 0) is 17.8 Å². The van der Waals surface area contributed by atoms with E-state index in [2.05, 4.69) is 19.2 Å². The van der Waals surface area contributed by atoms with Crippen molar-refractivity contribution in [1.29, 1.82) is 0 Å². The Labute approximate surface area is 116 Å². The molecule has 110 valence electrons. The molecule has 1 rings (SSSR count). The standard InChI is InChI=1S/C15H28N2O2/c1-7-10(3)9-17-11(8-2)13(18)16-12(14(17)19)15(4,5)6/h10-12H,7-9H2,1-6H3,(H,16,18). The highest BCUT2D eigenvalue weighted by Gasteiger charge is 2.44. The van der Waals surface area contributed by atoms with Crippen molar-refractivity contribution in [2.75, 3.05) is 6.54 Å². The molecule has 1 aliphatic rings. The Morgan fingerprint density at radius 1 is 1.26 bits per heavy atom. The second-order valence-corrected chi connectivity index (χ2v) is 6.74. The van der Waals surface area contributed by atoms with Crippen molar-refractivity contribution in [2.24, 2.45) is 11.3 Å². The molecule has 1 aliphatic heterocycles. The summed E-state index contributed by atoms with van der Waals surface area (Å²) in [7, 11) is 0. The largest absolute Gasteiger partial charge is 0.342 e. The zero-order valence-corrected chi connectivity index (χ0v) is 13.1. The Balaban J connectivity index is 2.99. The molecule has 0 aromatic rings. The molecule has 0 radical (unpaired) electrons. The number of nitrogens with zero attached hydrogens (tertiary/aromatic N) is 1. The molecule has 3 unspecified atom stereocenters. The molecule has 0 aliphatic carbocycles. The van der Waals surface area contributed by atoms with Gasteiger partial charge in [0.05, 0.1) is 0 Å². The lowest BCUT2D eigenvalue weighted by molar-refractivity contribution is -0.153. The molecule has 0 aromatic heterocycles. The lowest BCUT2D eigenvalue weighted by atomic mass is 9.83. The van der Waals surface area contributed by atoms with Crippen molar-refractivity contribution in [3.05, 3.63) is 0 Å². The van der Waals surface area contributed by atoms with Crippen LogP contribution in [0.2, 0.25) is 0 Å². The number of rotatable bonds is 4. The van der Waals surface area contributed by atoms with Crippen molar-refractivity contribution >= 4 is 11.8 Å². The van der Waals surface area contributed by atoms with Crippen LogP contribution in [0.3, 0.4) is 0 Å².